The molecule has 0 aliphatic rings. The van der Waals surface area contributed by atoms with Crippen LogP contribution in [-0.2, 0) is 14.6 Å². The number of rotatable bonds is 17. The van der Waals surface area contributed by atoms with Crippen LogP contribution in [-0.4, -0.2) is 19.1 Å². The quantitative estimate of drug-likeness (QED) is 0.189. The van der Waals surface area contributed by atoms with E-state index >= 15 is 0 Å². The van der Waals surface area contributed by atoms with E-state index in [9.17, 15) is 8.42 Å². The molecular weight excluding hydrogens is 324 g/mol. The summed E-state index contributed by atoms with van der Waals surface area (Å²) in [6.07, 6.45) is 19.1. The maximum Gasteiger partial charge on any atom is 0.397 e. The molecule has 24 heavy (non-hydrogen) atoms. The van der Waals surface area contributed by atoms with Crippen LogP contribution in [0.25, 0.3) is 0 Å². The molecule has 4 nitrogen and oxygen atoms in total. The first-order valence-electron chi connectivity index (χ1n) is 9.80. The predicted octanol–water partition coefficient (Wildman–Crippen LogP) is 6.23. The first-order valence-corrected chi connectivity index (χ1v) is 11.2. The molecule has 1 atom stereocenters. The van der Waals surface area contributed by atoms with Crippen LogP contribution in [0.3, 0.4) is 0 Å². The van der Waals surface area contributed by atoms with Gasteiger partial charge in [-0.05, 0) is 25.7 Å². The first kappa shape index (κ1) is 23.6. The van der Waals surface area contributed by atoms with E-state index in [0.29, 0.717) is 12.8 Å². The van der Waals surface area contributed by atoms with Gasteiger partial charge in [-0.3, -0.25) is 4.55 Å². The maximum absolute atomic E-state index is 11.0. The molecule has 1 unspecified atom stereocenters. The van der Waals surface area contributed by atoms with Crippen LogP contribution in [0.2, 0.25) is 0 Å². The number of hydrogen-bond donors (Lipinski definition) is 1. The van der Waals surface area contributed by atoms with E-state index in [-0.39, 0.29) is 0 Å². The molecule has 0 rings (SSSR count). The molecule has 0 aromatic rings. The van der Waals surface area contributed by atoms with Gasteiger partial charge in [0.15, 0.2) is 0 Å². The van der Waals surface area contributed by atoms with Gasteiger partial charge >= 0.3 is 10.4 Å². The second-order valence-electron chi connectivity index (χ2n) is 6.61. The van der Waals surface area contributed by atoms with Gasteiger partial charge in [0.25, 0.3) is 0 Å². The summed E-state index contributed by atoms with van der Waals surface area (Å²) in [5.41, 5.74) is 0. The number of unbranched alkanes of at least 4 members (excludes halogenated alkanes) is 10. The fourth-order valence-corrected chi connectivity index (χ4v) is 3.28. The molecule has 0 aromatic heterocycles. The van der Waals surface area contributed by atoms with Crippen LogP contribution in [0.4, 0.5) is 0 Å². The van der Waals surface area contributed by atoms with Crippen molar-refractivity contribution in [1.29, 1.82) is 0 Å². The Morgan fingerprint density at radius 2 is 1.38 bits per heavy atom. The van der Waals surface area contributed by atoms with Crippen LogP contribution in [0.15, 0.2) is 12.2 Å². The van der Waals surface area contributed by atoms with Crippen LogP contribution in [0, 0.1) is 0 Å². The summed E-state index contributed by atoms with van der Waals surface area (Å²) in [6, 6.07) is 0. The first-order chi connectivity index (χ1) is 11.5. The third kappa shape index (κ3) is 18.0. The molecule has 0 aromatic carbocycles. The molecule has 0 radical (unpaired) electrons. The summed E-state index contributed by atoms with van der Waals surface area (Å²) in [5, 5.41) is 0. The van der Waals surface area contributed by atoms with Crippen LogP contribution in [0.5, 0.6) is 0 Å². The van der Waals surface area contributed by atoms with Gasteiger partial charge in [-0.25, -0.2) is 4.18 Å². The Kier molecular flexibility index (Phi) is 15.8. The highest BCUT2D eigenvalue weighted by molar-refractivity contribution is 7.80. The lowest BCUT2D eigenvalue weighted by Crippen LogP contribution is -2.17. The Balaban J connectivity index is 3.95. The third-order valence-electron chi connectivity index (χ3n) is 4.18. The lowest BCUT2D eigenvalue weighted by Gasteiger charge is -2.13. The van der Waals surface area contributed by atoms with E-state index in [2.05, 4.69) is 19.9 Å². The highest BCUT2D eigenvalue weighted by atomic mass is 32.3. The Morgan fingerprint density at radius 1 is 0.833 bits per heavy atom. The summed E-state index contributed by atoms with van der Waals surface area (Å²) in [6.45, 7) is 4.39. The van der Waals surface area contributed by atoms with Crippen LogP contribution >= 0.6 is 0 Å². The van der Waals surface area contributed by atoms with E-state index in [1.807, 2.05) is 6.08 Å². The fraction of sp³-hybridized carbons (Fsp3) is 0.895. The summed E-state index contributed by atoms with van der Waals surface area (Å²) < 4.78 is 35.6. The van der Waals surface area contributed by atoms with Crippen molar-refractivity contribution < 1.29 is 17.2 Å². The van der Waals surface area contributed by atoms with Crippen LogP contribution in [0.1, 0.15) is 104 Å². The molecule has 0 amide bonds. The molecule has 0 bridgehead atoms. The molecule has 5 heteroatoms. The SMILES string of the molecule is CCCCCC/C=C/CC(CCCCCCCCC)OS(=O)(=O)O. The highest BCUT2D eigenvalue weighted by Crippen LogP contribution is 2.15. The molecule has 0 spiro atoms. The highest BCUT2D eigenvalue weighted by Gasteiger charge is 2.15. The average Bonchev–Trinajstić information content (AvgIpc) is 2.51. The van der Waals surface area contributed by atoms with E-state index < -0.39 is 16.5 Å². The summed E-state index contributed by atoms with van der Waals surface area (Å²) >= 11 is 0. The summed E-state index contributed by atoms with van der Waals surface area (Å²) in [5.74, 6) is 0. The van der Waals surface area contributed by atoms with Crippen LogP contribution < -0.4 is 0 Å². The molecule has 1 N–H and O–H groups in total. The Hall–Kier alpha value is -0.390. The van der Waals surface area contributed by atoms with Crippen molar-refractivity contribution in [3.05, 3.63) is 12.2 Å². The van der Waals surface area contributed by atoms with Crippen molar-refractivity contribution in [3.8, 4) is 0 Å². The van der Waals surface area contributed by atoms with Gasteiger partial charge in [-0.15, -0.1) is 0 Å². The van der Waals surface area contributed by atoms with Gasteiger partial charge in [0, 0.05) is 0 Å². The summed E-state index contributed by atoms with van der Waals surface area (Å²) in [7, 11) is -4.37. The Labute approximate surface area is 150 Å². The zero-order valence-corrected chi connectivity index (χ0v) is 16.5. The van der Waals surface area contributed by atoms with Gasteiger partial charge < -0.3 is 0 Å². The normalized spacial score (nSPS) is 13.6. The topological polar surface area (TPSA) is 63.6 Å². The second-order valence-corrected chi connectivity index (χ2v) is 7.66. The fourth-order valence-electron chi connectivity index (χ4n) is 2.76. The minimum absolute atomic E-state index is 0.442. The van der Waals surface area contributed by atoms with Crippen molar-refractivity contribution in [2.24, 2.45) is 0 Å². The van der Waals surface area contributed by atoms with Gasteiger partial charge in [-0.1, -0.05) is 90.2 Å². The van der Waals surface area contributed by atoms with E-state index in [0.717, 1.165) is 19.3 Å². The average molecular weight is 363 g/mol. The molecule has 0 aliphatic carbocycles. The lowest BCUT2D eigenvalue weighted by molar-refractivity contribution is 0.171. The molecule has 0 fully saturated rings. The Bertz CT molecular complexity index is 390. The largest absolute Gasteiger partial charge is 0.397 e. The minimum Gasteiger partial charge on any atom is -0.264 e. The van der Waals surface area contributed by atoms with Gasteiger partial charge in [-0.2, -0.15) is 8.42 Å². The Morgan fingerprint density at radius 3 is 1.96 bits per heavy atom. The zero-order chi connectivity index (χ0) is 18.1. The molecule has 0 saturated heterocycles. The number of hydrogen-bond acceptors (Lipinski definition) is 3. The number of allylic oxidation sites excluding steroid dienone is 1. The zero-order valence-electron chi connectivity index (χ0n) is 15.7. The van der Waals surface area contributed by atoms with E-state index in [1.165, 1.54) is 57.8 Å². The van der Waals surface area contributed by atoms with Crippen molar-refractivity contribution >= 4 is 10.4 Å². The molecule has 0 saturated carbocycles. The third-order valence-corrected chi connectivity index (χ3v) is 4.69. The molecule has 0 aliphatic heterocycles. The second kappa shape index (κ2) is 16.1. The standard InChI is InChI=1S/C19H38O4S/c1-3-5-7-9-11-13-15-17-19(23-24(20,21)22)18-16-14-12-10-8-6-4-2/h13,15,19H,3-12,14,16-18H2,1-2H3,(H,20,21,22)/b15-13+. The van der Waals surface area contributed by atoms with Gasteiger partial charge in [0.05, 0.1) is 6.10 Å². The maximum atomic E-state index is 11.0. The van der Waals surface area contributed by atoms with E-state index in [4.69, 9.17) is 8.74 Å². The summed E-state index contributed by atoms with van der Waals surface area (Å²) in [4.78, 5) is 0. The molecular formula is C19H38O4S. The molecule has 0 heterocycles. The smallest absolute Gasteiger partial charge is 0.264 e. The predicted molar refractivity (Wildman–Crippen MR) is 102 cm³/mol. The minimum atomic E-state index is -4.37. The lowest BCUT2D eigenvalue weighted by atomic mass is 10.0. The monoisotopic (exact) mass is 362 g/mol. The van der Waals surface area contributed by atoms with Crippen molar-refractivity contribution in [2.45, 2.75) is 110 Å². The molecule has 144 valence electrons. The van der Waals surface area contributed by atoms with E-state index in [1.54, 1.807) is 0 Å². The van der Waals surface area contributed by atoms with Crippen molar-refractivity contribution in [1.82, 2.24) is 0 Å². The van der Waals surface area contributed by atoms with Crippen molar-refractivity contribution in [2.75, 3.05) is 0 Å². The van der Waals surface area contributed by atoms with Crippen molar-refractivity contribution in [3.63, 3.8) is 0 Å². The van der Waals surface area contributed by atoms with Gasteiger partial charge in [0.1, 0.15) is 0 Å². The van der Waals surface area contributed by atoms with Gasteiger partial charge in [0.2, 0.25) is 0 Å².